The second-order valence-electron chi connectivity index (χ2n) is 4.91. The Labute approximate surface area is 120 Å². The summed E-state index contributed by atoms with van der Waals surface area (Å²) >= 11 is 0. The number of aliphatic hydroxyl groups excluding tert-OH is 1. The summed E-state index contributed by atoms with van der Waals surface area (Å²) in [4.78, 5) is 0. The van der Waals surface area contributed by atoms with Gasteiger partial charge in [-0.1, -0.05) is 37.6 Å². The number of para-hydroxylation sites is 1. The van der Waals surface area contributed by atoms with Crippen LogP contribution in [0.25, 0.3) is 0 Å². The van der Waals surface area contributed by atoms with Gasteiger partial charge in [0.15, 0.2) is 0 Å². The average molecular weight is 274 g/mol. The Balaban J connectivity index is 0.000000205. The smallest absolute Gasteiger partial charge is 0.125 e. The first kappa shape index (κ1) is 14.7. The molecule has 0 radical (unpaired) electrons. The lowest BCUT2D eigenvalue weighted by Crippen LogP contribution is -2.25. The molecule has 1 aromatic rings. The molecule has 2 heterocycles. The van der Waals surface area contributed by atoms with Crippen LogP contribution in [0.5, 0.6) is 5.75 Å². The van der Waals surface area contributed by atoms with Crippen molar-refractivity contribution in [1.29, 1.82) is 0 Å². The Morgan fingerprint density at radius 1 is 1.25 bits per heavy atom. The molecule has 20 heavy (non-hydrogen) atoms. The van der Waals surface area contributed by atoms with E-state index in [4.69, 9.17) is 9.47 Å². The highest BCUT2D eigenvalue weighted by Gasteiger charge is 2.25. The molecule has 2 atom stereocenters. The number of hydrogen-bond donors (Lipinski definition) is 1. The van der Waals surface area contributed by atoms with E-state index in [9.17, 15) is 5.11 Å². The first-order valence-corrected chi connectivity index (χ1v) is 7.18. The predicted molar refractivity (Wildman–Crippen MR) is 79.6 cm³/mol. The molecule has 0 amide bonds. The molecule has 0 fully saturated rings. The highest BCUT2D eigenvalue weighted by molar-refractivity contribution is 5.36. The molecular formula is C17H22O3. The molecule has 3 heteroatoms. The normalized spacial score (nSPS) is 22.9. The van der Waals surface area contributed by atoms with Gasteiger partial charge in [0.25, 0.3) is 0 Å². The summed E-state index contributed by atoms with van der Waals surface area (Å²) < 4.78 is 10.6. The Bertz CT molecular complexity index is 453. The summed E-state index contributed by atoms with van der Waals surface area (Å²) in [6.45, 7) is 2.87. The maximum atomic E-state index is 9.88. The van der Waals surface area contributed by atoms with E-state index in [2.05, 4.69) is 6.92 Å². The summed E-state index contributed by atoms with van der Waals surface area (Å²) in [6.07, 6.45) is 10.1. The van der Waals surface area contributed by atoms with Gasteiger partial charge >= 0.3 is 0 Å². The molecular weight excluding hydrogens is 252 g/mol. The lowest BCUT2D eigenvalue weighted by molar-refractivity contribution is 0.0615. The van der Waals surface area contributed by atoms with Crippen molar-refractivity contribution in [3.63, 3.8) is 0 Å². The standard InChI is InChI=1S/C12H16O2.C5H6O/c1-2-5-9-8-11(13)10-6-3-4-7-12(10)14-9;1-2-4-6-5-3-1/h3-4,6-7,9,11,13H,2,5,8H2,1H3;1-4H,5H2. The molecule has 0 saturated carbocycles. The average Bonchev–Trinajstić information content (AvgIpc) is 2.50. The number of aliphatic hydroxyl groups is 1. The fourth-order valence-electron chi connectivity index (χ4n) is 2.31. The van der Waals surface area contributed by atoms with Crippen LogP contribution in [0, 0.1) is 0 Å². The first-order chi connectivity index (χ1) is 9.81. The van der Waals surface area contributed by atoms with Gasteiger partial charge in [-0.3, -0.25) is 0 Å². The van der Waals surface area contributed by atoms with Crippen molar-refractivity contribution < 1.29 is 14.6 Å². The zero-order valence-electron chi connectivity index (χ0n) is 11.9. The van der Waals surface area contributed by atoms with Crippen molar-refractivity contribution in [1.82, 2.24) is 0 Å². The van der Waals surface area contributed by atoms with Crippen molar-refractivity contribution >= 4 is 0 Å². The van der Waals surface area contributed by atoms with E-state index < -0.39 is 0 Å². The minimum absolute atomic E-state index is 0.185. The third-order valence-electron chi connectivity index (χ3n) is 3.28. The van der Waals surface area contributed by atoms with E-state index in [0.29, 0.717) is 0 Å². The van der Waals surface area contributed by atoms with Crippen molar-refractivity contribution in [3.8, 4) is 5.75 Å². The fraction of sp³-hybridized carbons (Fsp3) is 0.412. The van der Waals surface area contributed by atoms with Crippen LogP contribution in [0.15, 0.2) is 48.8 Å². The molecule has 2 aliphatic rings. The number of hydrogen-bond acceptors (Lipinski definition) is 3. The highest BCUT2D eigenvalue weighted by Crippen LogP contribution is 2.35. The summed E-state index contributed by atoms with van der Waals surface area (Å²) in [5.41, 5.74) is 0.930. The van der Waals surface area contributed by atoms with E-state index in [1.807, 2.05) is 42.5 Å². The number of fused-ring (bicyclic) bond motifs is 1. The van der Waals surface area contributed by atoms with E-state index in [0.717, 1.165) is 37.2 Å². The van der Waals surface area contributed by atoms with E-state index in [-0.39, 0.29) is 12.2 Å². The zero-order valence-corrected chi connectivity index (χ0v) is 11.9. The maximum Gasteiger partial charge on any atom is 0.125 e. The molecule has 108 valence electrons. The minimum atomic E-state index is -0.350. The third-order valence-corrected chi connectivity index (χ3v) is 3.28. The number of ether oxygens (including phenoxy) is 2. The van der Waals surface area contributed by atoms with Gasteiger partial charge in [-0.2, -0.15) is 0 Å². The summed E-state index contributed by atoms with van der Waals surface area (Å²) in [6, 6.07) is 7.74. The topological polar surface area (TPSA) is 38.7 Å². The summed E-state index contributed by atoms with van der Waals surface area (Å²) in [5.74, 6) is 0.852. The number of benzene rings is 1. The van der Waals surface area contributed by atoms with Crippen LogP contribution < -0.4 is 4.74 Å². The largest absolute Gasteiger partial charge is 0.497 e. The monoisotopic (exact) mass is 274 g/mol. The second-order valence-corrected chi connectivity index (χ2v) is 4.91. The molecule has 0 spiro atoms. The van der Waals surface area contributed by atoms with Gasteiger partial charge in [0.1, 0.15) is 18.5 Å². The molecule has 3 rings (SSSR count). The van der Waals surface area contributed by atoms with Crippen molar-refractivity contribution in [3.05, 3.63) is 54.3 Å². The molecule has 1 N–H and O–H groups in total. The quantitative estimate of drug-likeness (QED) is 0.892. The number of allylic oxidation sites excluding steroid dienone is 2. The van der Waals surface area contributed by atoms with Gasteiger partial charge in [0.05, 0.1) is 12.4 Å². The van der Waals surface area contributed by atoms with Crippen LogP contribution in [-0.4, -0.2) is 17.8 Å². The van der Waals surface area contributed by atoms with Gasteiger partial charge in [0, 0.05) is 12.0 Å². The van der Waals surface area contributed by atoms with E-state index in [1.54, 1.807) is 6.26 Å². The molecule has 2 aliphatic heterocycles. The Morgan fingerprint density at radius 3 is 2.70 bits per heavy atom. The fourth-order valence-corrected chi connectivity index (χ4v) is 2.31. The molecule has 1 aromatic carbocycles. The van der Waals surface area contributed by atoms with Crippen LogP contribution in [0.3, 0.4) is 0 Å². The molecule has 0 aliphatic carbocycles. The highest BCUT2D eigenvalue weighted by atomic mass is 16.5. The van der Waals surface area contributed by atoms with E-state index in [1.165, 1.54) is 0 Å². The van der Waals surface area contributed by atoms with Crippen molar-refractivity contribution in [2.45, 2.75) is 38.4 Å². The van der Waals surface area contributed by atoms with Crippen LogP contribution >= 0.6 is 0 Å². The lowest BCUT2D eigenvalue weighted by Gasteiger charge is -2.29. The third kappa shape index (κ3) is 4.14. The SMILES string of the molecule is C1=CCOC=C1.CCCC1CC(O)c2ccccc2O1. The molecule has 0 saturated heterocycles. The van der Waals surface area contributed by atoms with Gasteiger partial charge in [-0.25, -0.2) is 0 Å². The first-order valence-electron chi connectivity index (χ1n) is 7.18. The second kappa shape index (κ2) is 7.75. The Kier molecular flexibility index (Phi) is 5.69. The van der Waals surface area contributed by atoms with Crippen LogP contribution in [-0.2, 0) is 4.74 Å². The van der Waals surface area contributed by atoms with Crippen molar-refractivity contribution in [2.75, 3.05) is 6.61 Å². The molecule has 0 aromatic heterocycles. The molecule has 2 unspecified atom stereocenters. The summed E-state index contributed by atoms with van der Waals surface area (Å²) in [7, 11) is 0. The van der Waals surface area contributed by atoms with Crippen LogP contribution in [0.1, 0.15) is 37.9 Å². The molecule has 0 bridgehead atoms. The minimum Gasteiger partial charge on any atom is -0.497 e. The summed E-state index contributed by atoms with van der Waals surface area (Å²) in [5, 5.41) is 9.88. The maximum absolute atomic E-state index is 9.88. The van der Waals surface area contributed by atoms with E-state index >= 15 is 0 Å². The Morgan fingerprint density at radius 2 is 2.10 bits per heavy atom. The van der Waals surface area contributed by atoms with Gasteiger partial charge < -0.3 is 14.6 Å². The predicted octanol–water partition coefficient (Wildman–Crippen LogP) is 3.76. The van der Waals surface area contributed by atoms with Gasteiger partial charge in [-0.15, -0.1) is 0 Å². The molecule has 3 nitrogen and oxygen atoms in total. The van der Waals surface area contributed by atoms with Crippen molar-refractivity contribution in [2.24, 2.45) is 0 Å². The van der Waals surface area contributed by atoms with Crippen LogP contribution in [0.4, 0.5) is 0 Å². The Hall–Kier alpha value is -1.74. The number of rotatable bonds is 2. The van der Waals surface area contributed by atoms with Gasteiger partial charge in [0.2, 0.25) is 0 Å². The van der Waals surface area contributed by atoms with Gasteiger partial charge in [-0.05, 0) is 24.6 Å². The zero-order chi connectivity index (χ0) is 14.2. The van der Waals surface area contributed by atoms with Crippen LogP contribution in [0.2, 0.25) is 0 Å². The lowest BCUT2D eigenvalue weighted by atomic mass is 9.97.